The number of nitrogens with zero attached hydrogens (tertiary/aromatic N) is 3. The van der Waals surface area contributed by atoms with Gasteiger partial charge >= 0.3 is 0 Å². The second-order valence-corrected chi connectivity index (χ2v) is 6.76. The molecule has 0 saturated carbocycles. The highest BCUT2D eigenvalue weighted by Crippen LogP contribution is 2.16. The lowest BCUT2D eigenvalue weighted by Crippen LogP contribution is -2.22. The number of non-ortho nitro benzene ring substituents is 1. The number of furan rings is 1. The van der Waals surface area contributed by atoms with Crippen molar-refractivity contribution in [3.8, 4) is 5.69 Å². The van der Waals surface area contributed by atoms with Crippen LogP contribution in [0.25, 0.3) is 5.69 Å². The van der Waals surface area contributed by atoms with E-state index in [0.29, 0.717) is 16.9 Å². The van der Waals surface area contributed by atoms with Gasteiger partial charge in [0, 0.05) is 30.6 Å². The van der Waals surface area contributed by atoms with E-state index in [-0.39, 0.29) is 29.8 Å². The normalized spacial score (nSPS) is 10.5. The summed E-state index contributed by atoms with van der Waals surface area (Å²) >= 11 is 0. The number of carbonyl (C=O) groups excluding carboxylic acids is 2. The van der Waals surface area contributed by atoms with E-state index in [9.17, 15) is 19.7 Å². The van der Waals surface area contributed by atoms with Crippen LogP contribution in [0.3, 0.4) is 0 Å². The Morgan fingerprint density at radius 3 is 2.44 bits per heavy atom. The van der Waals surface area contributed by atoms with Crippen molar-refractivity contribution < 1.29 is 18.9 Å². The first-order chi connectivity index (χ1) is 15.5. The zero-order chi connectivity index (χ0) is 22.5. The summed E-state index contributed by atoms with van der Waals surface area (Å²) < 4.78 is 6.52. The topological polar surface area (TPSA) is 132 Å². The molecular weight excluding hydrogens is 414 g/mol. The Labute approximate surface area is 181 Å². The zero-order valence-electron chi connectivity index (χ0n) is 16.6. The fraction of sp³-hybridized carbons (Fsp3) is 0.0455. The fourth-order valence-electron chi connectivity index (χ4n) is 2.90. The van der Waals surface area contributed by atoms with Crippen molar-refractivity contribution >= 4 is 23.2 Å². The third-order valence-corrected chi connectivity index (χ3v) is 4.58. The summed E-state index contributed by atoms with van der Waals surface area (Å²) in [6.45, 7) is 0.286. The van der Waals surface area contributed by atoms with Gasteiger partial charge in [0.05, 0.1) is 28.6 Å². The van der Waals surface area contributed by atoms with Crippen LogP contribution in [0.5, 0.6) is 0 Å². The van der Waals surface area contributed by atoms with Crippen LogP contribution in [0, 0.1) is 10.1 Å². The minimum absolute atomic E-state index is 0.0228. The van der Waals surface area contributed by atoms with E-state index in [1.807, 2.05) is 0 Å². The molecule has 2 heterocycles. The summed E-state index contributed by atoms with van der Waals surface area (Å²) in [7, 11) is 0. The summed E-state index contributed by atoms with van der Waals surface area (Å²) in [6.07, 6.45) is 4.39. The number of hydrogen-bond donors (Lipinski definition) is 2. The summed E-state index contributed by atoms with van der Waals surface area (Å²) in [5.41, 5.74) is 2.38. The molecule has 10 nitrogen and oxygen atoms in total. The number of nitrogens with one attached hydrogen (secondary N) is 2. The molecule has 0 aliphatic rings. The molecule has 0 atom stereocenters. The summed E-state index contributed by atoms with van der Waals surface area (Å²) in [4.78, 5) is 34.7. The second kappa shape index (κ2) is 8.96. The summed E-state index contributed by atoms with van der Waals surface area (Å²) in [5, 5.41) is 20.4. The molecule has 0 radical (unpaired) electrons. The zero-order valence-corrected chi connectivity index (χ0v) is 16.6. The van der Waals surface area contributed by atoms with Crippen LogP contribution in [0.1, 0.15) is 26.5 Å². The van der Waals surface area contributed by atoms with Gasteiger partial charge in [0.2, 0.25) is 0 Å². The molecule has 0 fully saturated rings. The van der Waals surface area contributed by atoms with Crippen LogP contribution in [0.2, 0.25) is 0 Å². The molecule has 0 spiro atoms. The van der Waals surface area contributed by atoms with Crippen LogP contribution in [-0.2, 0) is 6.54 Å². The Bertz CT molecular complexity index is 1240. The monoisotopic (exact) mass is 431 g/mol. The van der Waals surface area contributed by atoms with Gasteiger partial charge in [0.1, 0.15) is 0 Å². The van der Waals surface area contributed by atoms with E-state index in [1.54, 1.807) is 54.7 Å². The highest BCUT2D eigenvalue weighted by atomic mass is 16.6. The van der Waals surface area contributed by atoms with Crippen LogP contribution >= 0.6 is 0 Å². The molecule has 2 aromatic carbocycles. The molecule has 4 rings (SSSR count). The van der Waals surface area contributed by atoms with E-state index in [4.69, 9.17) is 4.42 Å². The molecule has 160 valence electrons. The number of amides is 2. The van der Waals surface area contributed by atoms with Crippen LogP contribution in [-0.4, -0.2) is 26.5 Å². The molecule has 2 N–H and O–H groups in total. The van der Waals surface area contributed by atoms with E-state index < -0.39 is 4.92 Å². The number of nitro benzene ring substituents is 1. The predicted molar refractivity (Wildman–Crippen MR) is 114 cm³/mol. The van der Waals surface area contributed by atoms with Gasteiger partial charge < -0.3 is 15.1 Å². The van der Waals surface area contributed by atoms with E-state index in [2.05, 4.69) is 15.7 Å². The van der Waals surface area contributed by atoms with Crippen molar-refractivity contribution in [1.82, 2.24) is 15.1 Å². The van der Waals surface area contributed by atoms with E-state index >= 15 is 0 Å². The van der Waals surface area contributed by atoms with Crippen molar-refractivity contribution in [1.29, 1.82) is 0 Å². The molecule has 2 amide bonds. The number of anilines is 1. The molecule has 2 aromatic heterocycles. The number of carbonyl (C=O) groups is 2. The van der Waals surface area contributed by atoms with Crippen molar-refractivity contribution in [2.45, 2.75) is 6.54 Å². The number of rotatable bonds is 7. The first-order valence-corrected chi connectivity index (χ1v) is 9.51. The standard InChI is InChI=1S/C22H17N5O5/c28-21(16-13-24-26(14-16)18-7-9-19(10-8-18)27(30)31)23-12-15-3-5-17(6-4-15)25-22(29)20-2-1-11-32-20/h1-11,13-14H,12H2,(H,23,28)(H,25,29). The Morgan fingerprint density at radius 2 is 1.78 bits per heavy atom. The number of hydrogen-bond acceptors (Lipinski definition) is 6. The second-order valence-electron chi connectivity index (χ2n) is 6.76. The minimum atomic E-state index is -0.481. The van der Waals surface area contributed by atoms with E-state index in [1.165, 1.54) is 29.3 Å². The first kappa shape index (κ1) is 20.5. The quantitative estimate of drug-likeness (QED) is 0.340. The first-order valence-electron chi connectivity index (χ1n) is 9.51. The fourth-order valence-corrected chi connectivity index (χ4v) is 2.90. The molecule has 0 bridgehead atoms. The van der Waals surface area contributed by atoms with E-state index in [0.717, 1.165) is 5.56 Å². The van der Waals surface area contributed by atoms with Gasteiger partial charge in [-0.2, -0.15) is 5.10 Å². The Morgan fingerprint density at radius 1 is 1.03 bits per heavy atom. The summed E-state index contributed by atoms with van der Waals surface area (Å²) in [5.74, 6) is -0.440. The Hall–Kier alpha value is -4.73. The molecule has 0 unspecified atom stereocenters. The number of nitro groups is 1. The maximum atomic E-state index is 12.4. The molecule has 0 saturated heterocycles. The van der Waals surface area contributed by atoms with Crippen molar-refractivity contribution in [2.24, 2.45) is 0 Å². The SMILES string of the molecule is O=C(NCc1ccc(NC(=O)c2ccco2)cc1)c1cnn(-c2ccc([N+](=O)[O-])cc2)c1. The third kappa shape index (κ3) is 4.70. The van der Waals surface area contributed by atoms with Gasteiger partial charge in [-0.25, -0.2) is 4.68 Å². The average molecular weight is 431 g/mol. The van der Waals surface area contributed by atoms with Crippen molar-refractivity contribution in [3.63, 3.8) is 0 Å². The molecule has 4 aromatic rings. The molecule has 32 heavy (non-hydrogen) atoms. The lowest BCUT2D eigenvalue weighted by atomic mass is 10.2. The maximum absolute atomic E-state index is 12.4. The van der Waals surface area contributed by atoms with Crippen LogP contribution in [0.4, 0.5) is 11.4 Å². The van der Waals surface area contributed by atoms with Crippen LogP contribution < -0.4 is 10.6 Å². The average Bonchev–Trinajstić information content (AvgIpc) is 3.51. The Balaban J connectivity index is 1.33. The van der Waals surface area contributed by atoms with Crippen molar-refractivity contribution in [2.75, 3.05) is 5.32 Å². The largest absolute Gasteiger partial charge is 0.459 e. The van der Waals surface area contributed by atoms with Gasteiger partial charge in [-0.05, 0) is 42.0 Å². The minimum Gasteiger partial charge on any atom is -0.459 e. The highest BCUT2D eigenvalue weighted by molar-refractivity contribution is 6.02. The highest BCUT2D eigenvalue weighted by Gasteiger charge is 2.11. The molecular formula is C22H17N5O5. The smallest absolute Gasteiger partial charge is 0.291 e. The lowest BCUT2D eigenvalue weighted by molar-refractivity contribution is -0.384. The lowest BCUT2D eigenvalue weighted by Gasteiger charge is -2.06. The van der Waals surface area contributed by atoms with Crippen molar-refractivity contribution in [3.05, 3.63) is 106 Å². The van der Waals surface area contributed by atoms with Gasteiger partial charge in [-0.3, -0.25) is 19.7 Å². The third-order valence-electron chi connectivity index (χ3n) is 4.58. The van der Waals surface area contributed by atoms with Gasteiger partial charge in [0.25, 0.3) is 17.5 Å². The number of aromatic nitrogens is 2. The summed E-state index contributed by atoms with van der Waals surface area (Å²) in [6, 6.07) is 16.1. The molecule has 0 aliphatic heterocycles. The maximum Gasteiger partial charge on any atom is 0.291 e. The van der Waals surface area contributed by atoms with Crippen LogP contribution in [0.15, 0.2) is 83.7 Å². The number of benzene rings is 2. The van der Waals surface area contributed by atoms with Gasteiger partial charge in [-0.15, -0.1) is 0 Å². The molecule has 10 heteroatoms. The molecule has 0 aliphatic carbocycles. The van der Waals surface area contributed by atoms with Gasteiger partial charge in [0.15, 0.2) is 5.76 Å². The predicted octanol–water partition coefficient (Wildman–Crippen LogP) is 3.56. The van der Waals surface area contributed by atoms with Gasteiger partial charge in [-0.1, -0.05) is 12.1 Å². The Kier molecular flexibility index (Phi) is 5.75.